The standard InChI is InChI=1S/C18H15N3O2/c1-22-15-8-12-14(9-16(15)23-2)21-18-10-4-3-7-20-13(10)6-5-11(18)17(12)19/h3-9H,1-2H3,(H2,19,21). The number of aromatic nitrogens is 2. The summed E-state index contributed by atoms with van der Waals surface area (Å²) < 4.78 is 10.7. The van der Waals surface area contributed by atoms with Crippen molar-refractivity contribution in [2.45, 2.75) is 0 Å². The Morgan fingerprint density at radius 1 is 0.870 bits per heavy atom. The zero-order chi connectivity index (χ0) is 16.0. The van der Waals surface area contributed by atoms with Crippen LogP contribution in [0.3, 0.4) is 0 Å². The van der Waals surface area contributed by atoms with Crippen molar-refractivity contribution in [3.8, 4) is 11.5 Å². The van der Waals surface area contributed by atoms with Crippen molar-refractivity contribution >= 4 is 38.4 Å². The molecule has 2 aromatic carbocycles. The largest absolute Gasteiger partial charge is 0.493 e. The minimum Gasteiger partial charge on any atom is -0.493 e. The number of hydrogen-bond acceptors (Lipinski definition) is 5. The number of hydrogen-bond donors (Lipinski definition) is 1. The molecule has 0 spiro atoms. The topological polar surface area (TPSA) is 70.3 Å². The van der Waals surface area contributed by atoms with Gasteiger partial charge in [0.25, 0.3) is 0 Å². The lowest BCUT2D eigenvalue weighted by Crippen LogP contribution is -1.96. The highest BCUT2D eigenvalue weighted by Crippen LogP contribution is 2.37. The number of nitrogens with zero attached hydrogens (tertiary/aromatic N) is 2. The third-order valence-electron chi connectivity index (χ3n) is 4.07. The van der Waals surface area contributed by atoms with Crippen LogP contribution >= 0.6 is 0 Å². The summed E-state index contributed by atoms with van der Waals surface area (Å²) in [5, 5.41) is 2.73. The number of fused-ring (bicyclic) bond motifs is 4. The van der Waals surface area contributed by atoms with Crippen LogP contribution in [0, 0.1) is 0 Å². The fraction of sp³-hybridized carbons (Fsp3) is 0.111. The molecule has 0 aliphatic rings. The molecule has 2 N–H and O–H groups in total. The van der Waals surface area contributed by atoms with Crippen LogP contribution in [0.4, 0.5) is 5.69 Å². The monoisotopic (exact) mass is 305 g/mol. The molecule has 0 fully saturated rings. The Bertz CT molecular complexity index is 1060. The molecule has 5 heteroatoms. The SMILES string of the molecule is COc1cc2nc3c(ccc4ncccc43)c(N)c2cc1OC. The molecule has 5 nitrogen and oxygen atoms in total. The number of nitrogens with two attached hydrogens (primary N) is 1. The van der Waals surface area contributed by atoms with Crippen LogP contribution in [0.1, 0.15) is 0 Å². The van der Waals surface area contributed by atoms with E-state index in [2.05, 4.69) is 4.98 Å². The van der Waals surface area contributed by atoms with Gasteiger partial charge in [0.05, 0.1) is 36.5 Å². The molecule has 0 radical (unpaired) electrons. The Morgan fingerprint density at radius 3 is 2.43 bits per heavy atom. The highest BCUT2D eigenvalue weighted by atomic mass is 16.5. The molecule has 23 heavy (non-hydrogen) atoms. The lowest BCUT2D eigenvalue weighted by atomic mass is 10.0. The van der Waals surface area contributed by atoms with Crippen molar-refractivity contribution in [1.82, 2.24) is 9.97 Å². The first-order valence-electron chi connectivity index (χ1n) is 7.21. The van der Waals surface area contributed by atoms with Crippen molar-refractivity contribution in [3.63, 3.8) is 0 Å². The predicted molar refractivity (Wildman–Crippen MR) is 92.1 cm³/mol. The van der Waals surface area contributed by atoms with Crippen LogP contribution in [0.5, 0.6) is 11.5 Å². The predicted octanol–water partition coefficient (Wildman–Crippen LogP) is 3.54. The third-order valence-corrected chi connectivity index (χ3v) is 4.07. The van der Waals surface area contributed by atoms with Gasteiger partial charge >= 0.3 is 0 Å². The maximum atomic E-state index is 6.40. The average molecular weight is 305 g/mol. The van der Waals surface area contributed by atoms with E-state index in [1.165, 1.54) is 0 Å². The second-order valence-electron chi connectivity index (χ2n) is 5.28. The minimum atomic E-state index is 0.629. The van der Waals surface area contributed by atoms with Crippen molar-refractivity contribution in [1.29, 1.82) is 0 Å². The summed E-state index contributed by atoms with van der Waals surface area (Å²) in [6.45, 7) is 0. The highest BCUT2D eigenvalue weighted by molar-refractivity contribution is 6.14. The normalized spacial score (nSPS) is 11.2. The number of pyridine rings is 2. The van der Waals surface area contributed by atoms with Crippen molar-refractivity contribution in [3.05, 3.63) is 42.6 Å². The lowest BCUT2D eigenvalue weighted by molar-refractivity contribution is 0.356. The number of benzene rings is 2. The van der Waals surface area contributed by atoms with Gasteiger partial charge in [0, 0.05) is 28.4 Å². The number of methoxy groups -OCH3 is 2. The van der Waals surface area contributed by atoms with Crippen LogP contribution < -0.4 is 15.2 Å². The van der Waals surface area contributed by atoms with Crippen molar-refractivity contribution in [2.24, 2.45) is 0 Å². The molecule has 0 saturated heterocycles. The van der Waals surface area contributed by atoms with Gasteiger partial charge in [0.2, 0.25) is 0 Å². The van der Waals surface area contributed by atoms with E-state index in [1.54, 1.807) is 20.4 Å². The first-order chi connectivity index (χ1) is 11.2. The van der Waals surface area contributed by atoms with Gasteiger partial charge in [-0.1, -0.05) is 0 Å². The molecule has 0 atom stereocenters. The van der Waals surface area contributed by atoms with Gasteiger partial charge in [-0.05, 0) is 30.3 Å². The quantitative estimate of drug-likeness (QED) is 0.453. The van der Waals surface area contributed by atoms with Crippen LogP contribution in [0.15, 0.2) is 42.6 Å². The molecular weight excluding hydrogens is 290 g/mol. The molecule has 0 saturated carbocycles. The summed E-state index contributed by atoms with van der Waals surface area (Å²) in [6.07, 6.45) is 1.77. The molecule has 4 rings (SSSR count). The van der Waals surface area contributed by atoms with Gasteiger partial charge in [-0.2, -0.15) is 0 Å². The zero-order valence-electron chi connectivity index (χ0n) is 12.8. The van der Waals surface area contributed by atoms with Gasteiger partial charge in [-0.15, -0.1) is 0 Å². The van der Waals surface area contributed by atoms with E-state index >= 15 is 0 Å². The molecule has 114 valence electrons. The number of anilines is 1. The number of nitrogen functional groups attached to an aromatic ring is 1. The highest BCUT2D eigenvalue weighted by Gasteiger charge is 2.13. The lowest BCUT2D eigenvalue weighted by Gasteiger charge is -2.12. The van der Waals surface area contributed by atoms with Crippen molar-refractivity contribution in [2.75, 3.05) is 20.0 Å². The smallest absolute Gasteiger partial charge is 0.162 e. The van der Waals surface area contributed by atoms with Crippen LogP contribution in [0.2, 0.25) is 0 Å². The first kappa shape index (κ1) is 13.6. The minimum absolute atomic E-state index is 0.629. The summed E-state index contributed by atoms with van der Waals surface area (Å²) in [6, 6.07) is 11.5. The maximum Gasteiger partial charge on any atom is 0.162 e. The average Bonchev–Trinajstić information content (AvgIpc) is 2.60. The van der Waals surface area contributed by atoms with Gasteiger partial charge in [0.15, 0.2) is 11.5 Å². The molecule has 0 amide bonds. The molecule has 0 aliphatic heterocycles. The zero-order valence-corrected chi connectivity index (χ0v) is 12.8. The van der Waals surface area contributed by atoms with Crippen LogP contribution in [-0.2, 0) is 0 Å². The van der Waals surface area contributed by atoms with E-state index < -0.39 is 0 Å². The Balaban J connectivity index is 2.19. The van der Waals surface area contributed by atoms with Crippen molar-refractivity contribution < 1.29 is 9.47 Å². The number of rotatable bonds is 2. The summed E-state index contributed by atoms with van der Waals surface area (Å²) in [5.41, 5.74) is 9.58. The van der Waals surface area contributed by atoms with E-state index in [1.807, 2.05) is 36.4 Å². The van der Waals surface area contributed by atoms with Crippen LogP contribution in [0.25, 0.3) is 32.7 Å². The maximum absolute atomic E-state index is 6.40. The summed E-state index contributed by atoms with van der Waals surface area (Å²) in [5.74, 6) is 1.26. The fourth-order valence-corrected chi connectivity index (χ4v) is 2.92. The summed E-state index contributed by atoms with van der Waals surface area (Å²) in [7, 11) is 3.21. The molecule has 2 aromatic heterocycles. The Hall–Kier alpha value is -3.08. The Kier molecular flexibility index (Phi) is 2.94. The van der Waals surface area contributed by atoms with E-state index in [9.17, 15) is 0 Å². The van der Waals surface area contributed by atoms with E-state index in [0.717, 1.165) is 32.7 Å². The second kappa shape index (κ2) is 4.98. The van der Waals surface area contributed by atoms with E-state index in [-0.39, 0.29) is 0 Å². The second-order valence-corrected chi connectivity index (χ2v) is 5.28. The van der Waals surface area contributed by atoms with Gasteiger partial charge < -0.3 is 15.2 Å². The summed E-state index contributed by atoms with van der Waals surface area (Å²) in [4.78, 5) is 9.17. The van der Waals surface area contributed by atoms with E-state index in [0.29, 0.717) is 17.2 Å². The van der Waals surface area contributed by atoms with Gasteiger partial charge in [0.1, 0.15) is 0 Å². The van der Waals surface area contributed by atoms with Gasteiger partial charge in [-0.25, -0.2) is 4.98 Å². The van der Waals surface area contributed by atoms with Gasteiger partial charge in [-0.3, -0.25) is 4.98 Å². The van der Waals surface area contributed by atoms with E-state index in [4.69, 9.17) is 20.2 Å². The molecule has 2 heterocycles. The Labute approximate surface area is 132 Å². The first-order valence-corrected chi connectivity index (χ1v) is 7.21. The molecule has 0 bridgehead atoms. The molecule has 0 unspecified atom stereocenters. The third kappa shape index (κ3) is 1.93. The molecule has 0 aliphatic carbocycles. The number of ether oxygens (including phenoxy) is 2. The Morgan fingerprint density at radius 2 is 1.65 bits per heavy atom. The molecular formula is C18H15N3O2. The van der Waals surface area contributed by atoms with Crippen LogP contribution in [-0.4, -0.2) is 24.2 Å². The molecule has 4 aromatic rings. The fourth-order valence-electron chi connectivity index (χ4n) is 2.92. The summed E-state index contributed by atoms with van der Waals surface area (Å²) >= 11 is 0.